The molecule has 3 heteroatoms. The van der Waals surface area contributed by atoms with E-state index in [0.29, 0.717) is 6.42 Å². The molecule has 1 rings (SSSR count). The van der Waals surface area contributed by atoms with Crippen molar-refractivity contribution in [1.82, 2.24) is 0 Å². The van der Waals surface area contributed by atoms with Crippen LogP contribution in [0.2, 0.25) is 0 Å². The number of hydrogen-bond acceptors (Lipinski definition) is 2. The van der Waals surface area contributed by atoms with Crippen LogP contribution in [0.25, 0.3) is 0 Å². The van der Waals surface area contributed by atoms with Gasteiger partial charge in [-0.3, -0.25) is 5.41 Å². The van der Waals surface area contributed by atoms with Crippen LogP contribution in [0.5, 0.6) is 0 Å². The van der Waals surface area contributed by atoms with Crippen LogP contribution < -0.4 is 0 Å². The fraction of sp³-hybridized carbons (Fsp3) is 0.167. The predicted molar refractivity (Wildman–Crippen MR) is 59.4 cm³/mol. The van der Waals surface area contributed by atoms with Crippen molar-refractivity contribution in [3.8, 4) is 0 Å². The molecule has 0 aliphatic carbocycles. The molecule has 0 radical (unpaired) electrons. The van der Waals surface area contributed by atoms with E-state index in [1.807, 2.05) is 31.2 Å². The molecule has 0 saturated heterocycles. The monoisotopic (exact) mass is 203 g/mol. The summed E-state index contributed by atoms with van der Waals surface area (Å²) in [7, 11) is 0. The molecule has 0 amide bonds. The molecular formula is C12H13NO2. The molecule has 3 nitrogen and oxygen atoms in total. The number of allylic oxidation sites excluding steroid dienone is 1. The summed E-state index contributed by atoms with van der Waals surface area (Å²) in [6, 6.07) is 7.99. The second-order valence-electron chi connectivity index (χ2n) is 3.31. The average Bonchev–Trinajstić information content (AvgIpc) is 2.20. The van der Waals surface area contributed by atoms with Gasteiger partial charge < -0.3 is 5.11 Å². The van der Waals surface area contributed by atoms with Gasteiger partial charge in [0, 0.05) is 0 Å². The van der Waals surface area contributed by atoms with Crippen molar-refractivity contribution in [3.63, 3.8) is 0 Å². The Morgan fingerprint density at radius 3 is 2.53 bits per heavy atom. The van der Waals surface area contributed by atoms with Crippen molar-refractivity contribution in [3.05, 3.63) is 47.5 Å². The minimum Gasteiger partial charge on any atom is -0.477 e. The molecule has 0 heterocycles. The molecule has 2 N–H and O–H groups in total. The average molecular weight is 203 g/mol. The molecular weight excluding hydrogens is 190 g/mol. The van der Waals surface area contributed by atoms with Crippen LogP contribution >= 0.6 is 0 Å². The molecule has 78 valence electrons. The fourth-order valence-corrected chi connectivity index (χ4v) is 1.11. The second kappa shape index (κ2) is 5.10. The number of aliphatic carboxylic acids is 1. The third kappa shape index (κ3) is 3.77. The summed E-state index contributed by atoms with van der Waals surface area (Å²) in [5.41, 5.74) is 1.91. The quantitative estimate of drug-likeness (QED) is 0.737. The van der Waals surface area contributed by atoms with Crippen molar-refractivity contribution in [2.24, 2.45) is 0 Å². The van der Waals surface area contributed by atoms with Gasteiger partial charge in [0.2, 0.25) is 0 Å². The van der Waals surface area contributed by atoms with E-state index in [1.54, 1.807) is 6.08 Å². The Morgan fingerprint density at radius 1 is 1.40 bits per heavy atom. The molecule has 1 aromatic rings. The van der Waals surface area contributed by atoms with Crippen molar-refractivity contribution in [2.45, 2.75) is 13.3 Å². The fourth-order valence-electron chi connectivity index (χ4n) is 1.11. The number of carbonyl (C=O) groups is 1. The molecule has 0 saturated carbocycles. The lowest BCUT2D eigenvalue weighted by molar-refractivity contribution is -0.129. The first-order chi connectivity index (χ1) is 7.09. The highest BCUT2D eigenvalue weighted by atomic mass is 16.4. The largest absolute Gasteiger partial charge is 0.477 e. The third-order valence-corrected chi connectivity index (χ3v) is 1.99. The molecule has 0 spiro atoms. The third-order valence-electron chi connectivity index (χ3n) is 1.99. The highest BCUT2D eigenvalue weighted by Crippen LogP contribution is 2.04. The van der Waals surface area contributed by atoms with E-state index < -0.39 is 5.97 Å². The van der Waals surface area contributed by atoms with E-state index in [4.69, 9.17) is 10.5 Å². The Bertz CT molecular complexity index is 391. The number of hydrogen-bond donors (Lipinski definition) is 2. The van der Waals surface area contributed by atoms with Crippen molar-refractivity contribution >= 4 is 11.7 Å². The normalized spacial score (nSPS) is 10.5. The summed E-state index contributed by atoms with van der Waals surface area (Å²) >= 11 is 0. The van der Waals surface area contributed by atoms with Crippen LogP contribution in [0.15, 0.2) is 36.4 Å². The van der Waals surface area contributed by atoms with Gasteiger partial charge in [0.15, 0.2) is 0 Å². The summed E-state index contributed by atoms with van der Waals surface area (Å²) in [4.78, 5) is 10.3. The van der Waals surface area contributed by atoms with Gasteiger partial charge in [-0.05, 0) is 25.0 Å². The maximum atomic E-state index is 10.3. The number of rotatable bonds is 4. The van der Waals surface area contributed by atoms with Crippen LogP contribution in [0, 0.1) is 12.3 Å². The van der Waals surface area contributed by atoms with Gasteiger partial charge in [0.1, 0.15) is 5.71 Å². The van der Waals surface area contributed by atoms with E-state index in [2.05, 4.69) is 0 Å². The van der Waals surface area contributed by atoms with E-state index in [1.165, 1.54) is 11.6 Å². The number of carboxylic acids is 1. The first-order valence-electron chi connectivity index (χ1n) is 4.63. The topological polar surface area (TPSA) is 61.2 Å². The summed E-state index contributed by atoms with van der Waals surface area (Å²) in [6.07, 6.45) is 3.64. The highest BCUT2D eigenvalue weighted by Gasteiger charge is 1.99. The number of carboxylic acid groups (broad SMARTS) is 1. The van der Waals surface area contributed by atoms with E-state index >= 15 is 0 Å². The first kappa shape index (κ1) is 11.2. The Morgan fingerprint density at radius 2 is 2.00 bits per heavy atom. The molecule has 0 fully saturated rings. The second-order valence-corrected chi connectivity index (χ2v) is 3.31. The zero-order valence-corrected chi connectivity index (χ0v) is 8.53. The molecule has 1 aromatic carbocycles. The van der Waals surface area contributed by atoms with Gasteiger partial charge in [0.05, 0.1) is 0 Å². The lowest BCUT2D eigenvalue weighted by Crippen LogP contribution is -2.07. The molecule has 0 aliphatic heterocycles. The molecule has 0 atom stereocenters. The van der Waals surface area contributed by atoms with E-state index in [0.717, 1.165) is 5.56 Å². The maximum Gasteiger partial charge on any atom is 0.353 e. The zero-order chi connectivity index (χ0) is 11.3. The Balaban J connectivity index is 2.54. The molecule has 0 bridgehead atoms. The van der Waals surface area contributed by atoms with Crippen molar-refractivity contribution in [2.75, 3.05) is 0 Å². The smallest absolute Gasteiger partial charge is 0.353 e. The predicted octanol–water partition coefficient (Wildman–Crippen LogP) is 2.20. The Hall–Kier alpha value is -1.90. The first-order valence-corrected chi connectivity index (χ1v) is 4.63. The van der Waals surface area contributed by atoms with Gasteiger partial charge in [-0.2, -0.15) is 0 Å². The van der Waals surface area contributed by atoms with Crippen molar-refractivity contribution < 1.29 is 9.90 Å². The van der Waals surface area contributed by atoms with Crippen molar-refractivity contribution in [1.29, 1.82) is 5.41 Å². The highest BCUT2D eigenvalue weighted by molar-refractivity contribution is 6.38. The SMILES string of the molecule is Cc1ccc(C/C=C/C(=N)C(=O)O)cc1. The molecule has 15 heavy (non-hydrogen) atoms. The molecule has 0 unspecified atom stereocenters. The summed E-state index contributed by atoms with van der Waals surface area (Å²) in [5, 5.41) is 15.5. The number of aryl methyl sites for hydroxylation is 1. The van der Waals surface area contributed by atoms with E-state index in [9.17, 15) is 4.79 Å². The Kier molecular flexibility index (Phi) is 3.80. The lowest BCUT2D eigenvalue weighted by atomic mass is 10.1. The minimum atomic E-state index is -1.20. The molecule has 0 aliphatic rings. The Labute approximate surface area is 88.6 Å². The number of nitrogens with one attached hydrogen (secondary N) is 1. The van der Waals surface area contributed by atoms with Gasteiger partial charge in [-0.25, -0.2) is 4.79 Å². The lowest BCUT2D eigenvalue weighted by Gasteiger charge is -1.96. The standard InChI is InChI=1S/C12H13NO2/c1-9-5-7-10(8-6-9)3-2-4-11(13)12(14)15/h2,4-8,13H,3H2,1H3,(H,14,15)/b4-2+,13-11?. The maximum absolute atomic E-state index is 10.3. The summed E-state index contributed by atoms with van der Waals surface area (Å²) < 4.78 is 0. The minimum absolute atomic E-state index is 0.387. The van der Waals surface area contributed by atoms with Crippen LogP contribution in [-0.4, -0.2) is 16.8 Å². The van der Waals surface area contributed by atoms with Gasteiger partial charge >= 0.3 is 5.97 Å². The van der Waals surface area contributed by atoms with E-state index in [-0.39, 0.29) is 5.71 Å². The van der Waals surface area contributed by atoms with Crippen LogP contribution in [0.1, 0.15) is 11.1 Å². The number of benzene rings is 1. The summed E-state index contributed by atoms with van der Waals surface area (Å²) in [5.74, 6) is -1.20. The van der Waals surface area contributed by atoms with Crippen LogP contribution in [0.3, 0.4) is 0 Å². The van der Waals surface area contributed by atoms with Gasteiger partial charge in [-0.15, -0.1) is 0 Å². The summed E-state index contributed by atoms with van der Waals surface area (Å²) in [6.45, 7) is 2.01. The van der Waals surface area contributed by atoms with Gasteiger partial charge in [-0.1, -0.05) is 35.9 Å². The van der Waals surface area contributed by atoms with Gasteiger partial charge in [0.25, 0.3) is 0 Å². The van der Waals surface area contributed by atoms with Crippen LogP contribution in [0.4, 0.5) is 0 Å². The zero-order valence-electron chi connectivity index (χ0n) is 8.53. The van der Waals surface area contributed by atoms with Crippen LogP contribution in [-0.2, 0) is 11.2 Å². The molecule has 0 aromatic heterocycles.